The van der Waals surface area contributed by atoms with Crippen molar-refractivity contribution in [2.24, 2.45) is 11.5 Å². The van der Waals surface area contributed by atoms with Crippen molar-refractivity contribution in [2.45, 2.75) is 56.8 Å². The van der Waals surface area contributed by atoms with Gasteiger partial charge in [-0.3, -0.25) is 14.4 Å². The average Bonchev–Trinajstić information content (AvgIpc) is 2.68. The molecule has 0 saturated carbocycles. The molecule has 4 atom stereocenters. The number of carbonyl (C=O) groups is 4. The van der Waals surface area contributed by atoms with Crippen LogP contribution < -0.4 is 27.4 Å². The monoisotopic (exact) mass is 451 g/mol. The van der Waals surface area contributed by atoms with Gasteiger partial charge >= 0.3 is 5.97 Å². The second-order valence-corrected chi connectivity index (χ2v) is 7.90. The molecule has 12 heteroatoms. The lowest BCUT2D eigenvalue weighted by Gasteiger charge is -2.23. The normalized spacial score (nSPS) is 14.9. The number of aliphatic carboxylic acids is 1. The molecular weight excluding hydrogens is 418 g/mol. The highest BCUT2D eigenvalue weighted by atomic mass is 32.2. The molecule has 0 fully saturated rings. The van der Waals surface area contributed by atoms with Crippen molar-refractivity contribution < 1.29 is 24.3 Å². The molecule has 168 valence electrons. The number of carboxylic acid groups (broad SMARTS) is 1. The molecule has 0 bridgehead atoms. The van der Waals surface area contributed by atoms with Crippen molar-refractivity contribution in [3.05, 3.63) is 0 Å². The topological polar surface area (TPSA) is 177 Å². The van der Waals surface area contributed by atoms with E-state index in [1.165, 1.54) is 18.7 Å². The van der Waals surface area contributed by atoms with Crippen molar-refractivity contribution >= 4 is 48.1 Å². The second kappa shape index (κ2) is 15.4. The van der Waals surface area contributed by atoms with Gasteiger partial charge in [0.25, 0.3) is 0 Å². The highest BCUT2D eigenvalue weighted by Crippen LogP contribution is 2.05. The maximum absolute atomic E-state index is 12.6. The number of amides is 3. The van der Waals surface area contributed by atoms with Gasteiger partial charge in [-0.25, -0.2) is 4.79 Å². The van der Waals surface area contributed by atoms with Crippen molar-refractivity contribution in [3.63, 3.8) is 0 Å². The largest absolute Gasteiger partial charge is 0.480 e. The van der Waals surface area contributed by atoms with Crippen LogP contribution in [0, 0.1) is 0 Å². The fourth-order valence-electron chi connectivity index (χ4n) is 2.29. The summed E-state index contributed by atoms with van der Waals surface area (Å²) >= 11 is 5.40. The lowest BCUT2D eigenvalue weighted by Crippen LogP contribution is -2.56. The van der Waals surface area contributed by atoms with Gasteiger partial charge in [-0.05, 0) is 51.2 Å². The van der Waals surface area contributed by atoms with Gasteiger partial charge in [-0.2, -0.15) is 24.4 Å². The summed E-state index contributed by atoms with van der Waals surface area (Å²) in [6.07, 6.45) is 3.62. The Morgan fingerprint density at radius 2 is 1.62 bits per heavy atom. The minimum atomic E-state index is -1.14. The number of carbonyl (C=O) groups excluding carboxylic acids is 3. The molecule has 0 radical (unpaired) electrons. The highest BCUT2D eigenvalue weighted by molar-refractivity contribution is 7.98. The van der Waals surface area contributed by atoms with Crippen molar-refractivity contribution in [1.82, 2.24) is 16.0 Å². The number of unbranched alkanes of at least 4 members (excludes halogenated alkanes) is 1. The van der Waals surface area contributed by atoms with E-state index in [2.05, 4.69) is 28.6 Å². The molecule has 0 aromatic rings. The number of hydrogen-bond donors (Lipinski definition) is 7. The van der Waals surface area contributed by atoms with Crippen LogP contribution in [-0.4, -0.2) is 77.3 Å². The molecule has 0 aliphatic rings. The smallest absolute Gasteiger partial charge is 0.326 e. The Morgan fingerprint density at radius 1 is 1.00 bits per heavy atom. The molecule has 0 aromatic carbocycles. The number of carboxylic acids is 1. The Balaban J connectivity index is 5.05. The van der Waals surface area contributed by atoms with Gasteiger partial charge in [0.05, 0.1) is 6.04 Å². The Labute approximate surface area is 181 Å². The predicted molar refractivity (Wildman–Crippen MR) is 117 cm³/mol. The Kier molecular flexibility index (Phi) is 14.6. The fourth-order valence-corrected chi connectivity index (χ4v) is 2.93. The first-order valence-corrected chi connectivity index (χ1v) is 11.4. The maximum Gasteiger partial charge on any atom is 0.326 e. The van der Waals surface area contributed by atoms with Gasteiger partial charge < -0.3 is 32.5 Å². The van der Waals surface area contributed by atoms with Crippen LogP contribution >= 0.6 is 24.4 Å². The molecule has 0 heterocycles. The zero-order chi connectivity index (χ0) is 22.4. The quantitative estimate of drug-likeness (QED) is 0.118. The molecule has 4 unspecified atom stereocenters. The van der Waals surface area contributed by atoms with Crippen LogP contribution in [0.2, 0.25) is 0 Å². The molecule has 0 aliphatic heterocycles. The third-order valence-electron chi connectivity index (χ3n) is 4.09. The molecule has 3 amide bonds. The number of nitrogens with one attached hydrogen (secondary N) is 3. The van der Waals surface area contributed by atoms with Crippen molar-refractivity contribution in [3.8, 4) is 0 Å². The first-order chi connectivity index (χ1) is 13.7. The van der Waals surface area contributed by atoms with E-state index in [1.54, 1.807) is 0 Å². The predicted octanol–water partition coefficient (Wildman–Crippen LogP) is -1.32. The zero-order valence-corrected chi connectivity index (χ0v) is 18.6. The van der Waals surface area contributed by atoms with Crippen LogP contribution in [0.4, 0.5) is 0 Å². The molecule has 0 aliphatic carbocycles. The van der Waals surface area contributed by atoms with Crippen molar-refractivity contribution in [2.75, 3.05) is 24.3 Å². The lowest BCUT2D eigenvalue weighted by atomic mass is 10.1. The molecule has 10 nitrogen and oxygen atoms in total. The Bertz CT molecular complexity index is 552. The van der Waals surface area contributed by atoms with Crippen LogP contribution in [0.25, 0.3) is 0 Å². The first kappa shape index (κ1) is 27.5. The maximum atomic E-state index is 12.6. The molecule has 0 spiro atoms. The van der Waals surface area contributed by atoms with E-state index in [4.69, 9.17) is 11.5 Å². The third kappa shape index (κ3) is 11.3. The van der Waals surface area contributed by atoms with Gasteiger partial charge in [0.2, 0.25) is 17.7 Å². The van der Waals surface area contributed by atoms with Crippen LogP contribution in [0.3, 0.4) is 0 Å². The summed E-state index contributed by atoms with van der Waals surface area (Å²) in [5.74, 6) is -2.15. The number of thiol groups is 1. The summed E-state index contributed by atoms with van der Waals surface area (Å²) in [7, 11) is 0. The van der Waals surface area contributed by atoms with E-state index >= 15 is 0 Å². The van der Waals surface area contributed by atoms with Gasteiger partial charge in [0.1, 0.15) is 18.1 Å². The zero-order valence-electron chi connectivity index (χ0n) is 16.8. The molecule has 0 saturated heterocycles. The van der Waals surface area contributed by atoms with Crippen LogP contribution in [0.15, 0.2) is 0 Å². The second-order valence-electron chi connectivity index (χ2n) is 6.55. The summed E-state index contributed by atoms with van der Waals surface area (Å²) in [5.41, 5.74) is 11.0. The third-order valence-corrected chi connectivity index (χ3v) is 5.13. The first-order valence-electron chi connectivity index (χ1n) is 9.37. The van der Waals surface area contributed by atoms with E-state index in [-0.39, 0.29) is 12.2 Å². The molecule has 8 N–H and O–H groups in total. The number of nitrogens with two attached hydrogens (primary N) is 2. The van der Waals surface area contributed by atoms with E-state index in [0.29, 0.717) is 31.6 Å². The van der Waals surface area contributed by atoms with Gasteiger partial charge in [-0.15, -0.1) is 0 Å². The van der Waals surface area contributed by atoms with Crippen LogP contribution in [0.5, 0.6) is 0 Å². The van der Waals surface area contributed by atoms with Gasteiger partial charge in [0, 0.05) is 5.75 Å². The Hall–Kier alpha value is -1.50. The highest BCUT2D eigenvalue weighted by Gasteiger charge is 2.28. The minimum Gasteiger partial charge on any atom is -0.480 e. The number of thioether (sulfide) groups is 1. The molecular formula is C17H33N5O5S2. The summed E-state index contributed by atoms with van der Waals surface area (Å²) < 4.78 is 0. The van der Waals surface area contributed by atoms with Gasteiger partial charge in [0.15, 0.2) is 0 Å². The SMILES string of the molecule is CSCCC(NC(=O)C(CCCCN)NC(=O)C(C)NC(=O)C(N)CS)C(=O)O. The summed E-state index contributed by atoms with van der Waals surface area (Å²) in [6.45, 7) is 1.90. The number of rotatable bonds is 15. The summed E-state index contributed by atoms with van der Waals surface area (Å²) in [5, 5.41) is 16.8. The van der Waals surface area contributed by atoms with E-state index in [9.17, 15) is 24.3 Å². The lowest BCUT2D eigenvalue weighted by molar-refractivity contribution is -0.142. The van der Waals surface area contributed by atoms with Crippen molar-refractivity contribution in [1.29, 1.82) is 0 Å². The summed E-state index contributed by atoms with van der Waals surface area (Å²) in [4.78, 5) is 48.2. The van der Waals surface area contributed by atoms with Crippen LogP contribution in [-0.2, 0) is 19.2 Å². The Morgan fingerprint density at radius 3 is 2.14 bits per heavy atom. The standard InChI is InChI=1S/C17H33N5O5S2/c1-10(20-15(24)11(19)9-28)14(23)21-12(5-3-4-7-18)16(25)22-13(17(26)27)6-8-29-2/h10-13,28H,3-9,18-19H2,1-2H3,(H,20,24)(H,21,23)(H,22,25)(H,26,27). The molecule has 0 aromatic heterocycles. The van der Waals surface area contributed by atoms with E-state index in [0.717, 1.165) is 0 Å². The number of hydrogen-bond acceptors (Lipinski definition) is 8. The molecule has 0 rings (SSSR count). The molecule has 29 heavy (non-hydrogen) atoms. The van der Waals surface area contributed by atoms with E-state index in [1.807, 2.05) is 6.26 Å². The van der Waals surface area contributed by atoms with E-state index < -0.39 is 47.9 Å². The minimum absolute atomic E-state index is 0.122. The summed E-state index contributed by atoms with van der Waals surface area (Å²) in [6, 6.07) is -3.77. The fraction of sp³-hybridized carbons (Fsp3) is 0.765. The van der Waals surface area contributed by atoms with Gasteiger partial charge in [-0.1, -0.05) is 0 Å². The average molecular weight is 452 g/mol. The van der Waals surface area contributed by atoms with Crippen LogP contribution in [0.1, 0.15) is 32.6 Å².